The highest BCUT2D eigenvalue weighted by atomic mass is 16.5. The number of rotatable bonds is 2. The molecule has 2 amide bonds. The van der Waals surface area contributed by atoms with Crippen molar-refractivity contribution in [3.8, 4) is 0 Å². The first kappa shape index (κ1) is 11.5. The Morgan fingerprint density at radius 1 is 1.50 bits per heavy atom. The molecule has 2 aliphatic heterocycles. The first-order chi connectivity index (χ1) is 7.48. The summed E-state index contributed by atoms with van der Waals surface area (Å²) in [6.45, 7) is -0.916. The monoisotopic (exact) mass is 231 g/mol. The van der Waals surface area contributed by atoms with Gasteiger partial charge in [0, 0.05) is 6.42 Å². The summed E-state index contributed by atoms with van der Waals surface area (Å²) in [6, 6.07) is 0. The van der Waals surface area contributed by atoms with Gasteiger partial charge in [-0.25, -0.2) is 0 Å². The van der Waals surface area contributed by atoms with Crippen LogP contribution in [0.1, 0.15) is 6.42 Å². The van der Waals surface area contributed by atoms with Crippen molar-refractivity contribution in [2.75, 3.05) is 13.2 Å². The Morgan fingerprint density at radius 2 is 2.19 bits per heavy atom. The number of carbonyl (C=O) groups is 2. The summed E-state index contributed by atoms with van der Waals surface area (Å²) in [7, 11) is 0. The minimum atomic E-state index is -1.75. The van der Waals surface area contributed by atoms with E-state index in [-0.39, 0.29) is 13.0 Å². The van der Waals surface area contributed by atoms with E-state index in [0.29, 0.717) is 0 Å². The topological polar surface area (TPSA) is 116 Å². The molecule has 2 saturated heterocycles. The molecule has 7 heteroatoms. The van der Waals surface area contributed by atoms with Gasteiger partial charge in [-0.05, 0) is 0 Å². The van der Waals surface area contributed by atoms with Crippen LogP contribution >= 0.6 is 0 Å². The van der Waals surface area contributed by atoms with Crippen molar-refractivity contribution in [2.24, 2.45) is 5.92 Å². The van der Waals surface area contributed by atoms with Crippen LogP contribution in [0.3, 0.4) is 0 Å². The van der Waals surface area contributed by atoms with Gasteiger partial charge in [-0.15, -0.1) is 0 Å². The summed E-state index contributed by atoms with van der Waals surface area (Å²) in [5.74, 6) is -1.75. The lowest BCUT2D eigenvalue weighted by Crippen LogP contribution is -2.49. The SMILES string of the molecule is O=C1CC(C2OCC(O)(CO)[C@H]2O)C(=O)N1. The second-order valence-corrected chi connectivity index (χ2v) is 4.21. The van der Waals surface area contributed by atoms with E-state index < -0.39 is 42.1 Å². The van der Waals surface area contributed by atoms with Crippen LogP contribution in [-0.4, -0.2) is 58.2 Å². The molecule has 0 bridgehead atoms. The van der Waals surface area contributed by atoms with E-state index in [0.717, 1.165) is 0 Å². The minimum absolute atomic E-state index is 0.0674. The zero-order valence-electron chi connectivity index (χ0n) is 8.42. The summed E-state index contributed by atoms with van der Waals surface area (Å²) >= 11 is 0. The maximum absolute atomic E-state index is 11.3. The van der Waals surface area contributed by atoms with Gasteiger partial charge in [-0.1, -0.05) is 0 Å². The van der Waals surface area contributed by atoms with Gasteiger partial charge < -0.3 is 20.1 Å². The standard InChI is InChI=1S/C9H13NO6/c11-2-9(15)3-16-6(7(9)13)4-1-5(12)10-8(4)14/h4,6-7,11,13,15H,1-3H2,(H,10,12,14)/t4?,6?,7-,9?/m0/s1. The van der Waals surface area contributed by atoms with Gasteiger partial charge in [0.1, 0.15) is 11.7 Å². The molecule has 90 valence electrons. The van der Waals surface area contributed by atoms with Gasteiger partial charge in [0.05, 0.1) is 25.2 Å². The second kappa shape index (κ2) is 3.77. The Morgan fingerprint density at radius 3 is 2.62 bits per heavy atom. The molecule has 0 aliphatic carbocycles. The summed E-state index contributed by atoms with van der Waals surface area (Å²) in [6.07, 6.45) is -2.40. The van der Waals surface area contributed by atoms with Gasteiger partial charge in [0.15, 0.2) is 0 Å². The number of ether oxygens (including phenoxy) is 1. The number of aliphatic hydroxyl groups is 3. The Labute approximate surface area is 91.0 Å². The molecular formula is C9H13NO6. The molecular weight excluding hydrogens is 218 g/mol. The van der Waals surface area contributed by atoms with Crippen molar-refractivity contribution >= 4 is 11.8 Å². The average Bonchev–Trinajstić information content (AvgIpc) is 2.71. The van der Waals surface area contributed by atoms with E-state index in [1.54, 1.807) is 0 Å². The van der Waals surface area contributed by atoms with E-state index in [1.807, 2.05) is 0 Å². The van der Waals surface area contributed by atoms with E-state index in [9.17, 15) is 19.8 Å². The van der Waals surface area contributed by atoms with Crippen molar-refractivity contribution in [3.63, 3.8) is 0 Å². The molecule has 4 N–H and O–H groups in total. The maximum Gasteiger partial charge on any atom is 0.232 e. The third kappa shape index (κ3) is 1.61. The molecule has 0 aromatic carbocycles. The molecule has 0 spiro atoms. The number of hydrogen-bond acceptors (Lipinski definition) is 6. The predicted octanol–water partition coefficient (Wildman–Crippen LogP) is -2.87. The highest BCUT2D eigenvalue weighted by Gasteiger charge is 2.53. The zero-order chi connectivity index (χ0) is 11.9. The third-order valence-corrected chi connectivity index (χ3v) is 3.06. The van der Waals surface area contributed by atoms with Crippen LogP contribution in [0, 0.1) is 5.92 Å². The lowest BCUT2D eigenvalue weighted by atomic mass is 9.89. The van der Waals surface area contributed by atoms with Crippen molar-refractivity contribution in [3.05, 3.63) is 0 Å². The molecule has 7 nitrogen and oxygen atoms in total. The third-order valence-electron chi connectivity index (χ3n) is 3.06. The van der Waals surface area contributed by atoms with Gasteiger partial charge in [-0.2, -0.15) is 0 Å². The smallest absolute Gasteiger partial charge is 0.232 e. The minimum Gasteiger partial charge on any atom is -0.393 e. The highest BCUT2D eigenvalue weighted by molar-refractivity contribution is 6.03. The van der Waals surface area contributed by atoms with Crippen LogP contribution in [0.2, 0.25) is 0 Å². The first-order valence-corrected chi connectivity index (χ1v) is 4.94. The van der Waals surface area contributed by atoms with Crippen molar-refractivity contribution in [1.82, 2.24) is 5.32 Å². The van der Waals surface area contributed by atoms with Gasteiger partial charge in [-0.3, -0.25) is 14.9 Å². The molecule has 16 heavy (non-hydrogen) atoms. The maximum atomic E-state index is 11.3. The molecule has 3 unspecified atom stereocenters. The Balaban J connectivity index is 2.13. The van der Waals surface area contributed by atoms with Crippen molar-refractivity contribution in [2.45, 2.75) is 24.2 Å². The van der Waals surface area contributed by atoms with Gasteiger partial charge >= 0.3 is 0 Å². The van der Waals surface area contributed by atoms with E-state index >= 15 is 0 Å². The average molecular weight is 231 g/mol. The zero-order valence-corrected chi connectivity index (χ0v) is 8.42. The highest BCUT2D eigenvalue weighted by Crippen LogP contribution is 2.32. The fourth-order valence-corrected chi connectivity index (χ4v) is 2.04. The number of carbonyl (C=O) groups excluding carboxylic acids is 2. The molecule has 0 aromatic heterocycles. The van der Waals surface area contributed by atoms with Crippen molar-refractivity contribution < 1.29 is 29.6 Å². The largest absolute Gasteiger partial charge is 0.393 e. The number of hydrogen-bond donors (Lipinski definition) is 4. The Bertz CT molecular complexity index is 332. The molecule has 2 fully saturated rings. The fourth-order valence-electron chi connectivity index (χ4n) is 2.04. The van der Waals surface area contributed by atoms with Crippen LogP contribution in [0.25, 0.3) is 0 Å². The Hall–Kier alpha value is -1.02. The molecule has 0 saturated carbocycles. The van der Waals surface area contributed by atoms with Crippen LogP contribution in [0.4, 0.5) is 0 Å². The lowest BCUT2D eigenvalue weighted by Gasteiger charge is -2.25. The summed E-state index contributed by atoms with van der Waals surface area (Å²) in [5.41, 5.74) is -1.75. The molecule has 2 aliphatic rings. The van der Waals surface area contributed by atoms with E-state index in [2.05, 4.69) is 5.32 Å². The molecule has 2 rings (SSSR count). The van der Waals surface area contributed by atoms with Gasteiger partial charge in [0.2, 0.25) is 11.8 Å². The van der Waals surface area contributed by atoms with E-state index in [4.69, 9.17) is 9.84 Å². The molecule has 0 aromatic rings. The van der Waals surface area contributed by atoms with Crippen LogP contribution in [0.15, 0.2) is 0 Å². The van der Waals surface area contributed by atoms with Crippen LogP contribution in [-0.2, 0) is 14.3 Å². The lowest BCUT2D eigenvalue weighted by molar-refractivity contribution is -0.129. The van der Waals surface area contributed by atoms with Crippen molar-refractivity contribution in [1.29, 1.82) is 0 Å². The summed E-state index contributed by atoms with van der Waals surface area (Å²) in [4.78, 5) is 22.3. The predicted molar refractivity (Wildman–Crippen MR) is 49.0 cm³/mol. The number of imide groups is 1. The van der Waals surface area contributed by atoms with Crippen LogP contribution in [0.5, 0.6) is 0 Å². The number of aliphatic hydroxyl groups excluding tert-OH is 2. The summed E-state index contributed by atoms with van der Waals surface area (Å²) < 4.78 is 5.10. The quantitative estimate of drug-likeness (QED) is 0.380. The number of amides is 2. The molecule has 0 radical (unpaired) electrons. The Kier molecular flexibility index (Phi) is 2.70. The normalized spacial score (nSPS) is 43.8. The second-order valence-electron chi connectivity index (χ2n) is 4.21. The molecule has 4 atom stereocenters. The fraction of sp³-hybridized carbons (Fsp3) is 0.778. The first-order valence-electron chi connectivity index (χ1n) is 4.94. The van der Waals surface area contributed by atoms with E-state index in [1.165, 1.54) is 0 Å². The molecule has 2 heterocycles. The van der Waals surface area contributed by atoms with Crippen LogP contribution < -0.4 is 5.32 Å². The summed E-state index contributed by atoms with van der Waals surface area (Å²) in [5, 5.41) is 30.5. The number of nitrogens with one attached hydrogen (secondary N) is 1. The van der Waals surface area contributed by atoms with Gasteiger partial charge in [0.25, 0.3) is 0 Å².